The minimum atomic E-state index is -0.578. The summed E-state index contributed by atoms with van der Waals surface area (Å²) in [5, 5.41) is 4.12. The average molecular weight is 276 g/mol. The third kappa shape index (κ3) is 3.87. The summed E-state index contributed by atoms with van der Waals surface area (Å²) >= 11 is 12.0. The van der Waals surface area contributed by atoms with Gasteiger partial charge in [0.1, 0.15) is 6.04 Å². The predicted molar refractivity (Wildman–Crippen MR) is 69.5 cm³/mol. The maximum Gasteiger partial charge on any atom is 0.327 e. The Bertz CT molecular complexity index is 396. The maximum absolute atomic E-state index is 11.7. The summed E-state index contributed by atoms with van der Waals surface area (Å²) in [6.07, 6.45) is 0.908. The van der Waals surface area contributed by atoms with Crippen molar-refractivity contribution < 1.29 is 9.53 Å². The summed E-state index contributed by atoms with van der Waals surface area (Å²) in [4.78, 5) is 11.7. The average Bonchev–Trinajstić information content (AvgIpc) is 2.33. The number of nitrogens with one attached hydrogen (secondary N) is 1. The van der Waals surface area contributed by atoms with Gasteiger partial charge in [0.15, 0.2) is 0 Å². The molecule has 0 aliphatic carbocycles. The predicted octanol–water partition coefficient (Wildman–Crippen LogP) is 3.21. The van der Waals surface area contributed by atoms with Crippen molar-refractivity contribution in [3.8, 4) is 0 Å². The lowest BCUT2D eigenvalue weighted by molar-refractivity contribution is -0.143. The van der Waals surface area contributed by atoms with Crippen LogP contribution in [0.5, 0.6) is 0 Å². The first kappa shape index (κ1) is 14.3. The van der Waals surface area contributed by atoms with Crippen molar-refractivity contribution in [3.05, 3.63) is 33.8 Å². The lowest BCUT2D eigenvalue weighted by atomic mass is 10.1. The highest BCUT2D eigenvalue weighted by Crippen LogP contribution is 2.27. The molecule has 0 fully saturated rings. The van der Waals surface area contributed by atoms with Gasteiger partial charge in [-0.1, -0.05) is 30.1 Å². The molecule has 1 atom stereocenters. The van der Waals surface area contributed by atoms with E-state index in [0.717, 1.165) is 6.42 Å². The van der Waals surface area contributed by atoms with Crippen LogP contribution >= 0.6 is 23.2 Å². The van der Waals surface area contributed by atoms with Crippen molar-refractivity contribution in [3.63, 3.8) is 0 Å². The molecular formula is C12H15Cl2NO2. The van der Waals surface area contributed by atoms with Gasteiger partial charge in [-0.2, -0.15) is 0 Å². The summed E-state index contributed by atoms with van der Waals surface area (Å²) in [6.45, 7) is 2.71. The van der Waals surface area contributed by atoms with Crippen molar-refractivity contribution in [1.29, 1.82) is 0 Å². The van der Waals surface area contributed by atoms with Crippen LogP contribution in [0.25, 0.3) is 0 Å². The number of methoxy groups -OCH3 is 1. The number of esters is 1. The van der Waals surface area contributed by atoms with E-state index >= 15 is 0 Å². The highest BCUT2D eigenvalue weighted by Gasteiger charge is 2.23. The second kappa shape index (κ2) is 6.84. The minimum absolute atomic E-state index is 0.373. The molecule has 5 heteroatoms. The van der Waals surface area contributed by atoms with Crippen LogP contribution in [0.4, 0.5) is 0 Å². The van der Waals surface area contributed by atoms with Gasteiger partial charge < -0.3 is 10.1 Å². The van der Waals surface area contributed by atoms with E-state index in [-0.39, 0.29) is 5.97 Å². The maximum atomic E-state index is 11.7. The van der Waals surface area contributed by atoms with E-state index in [0.29, 0.717) is 22.2 Å². The molecule has 0 spiro atoms. The van der Waals surface area contributed by atoms with Gasteiger partial charge in [0.25, 0.3) is 0 Å². The largest absolute Gasteiger partial charge is 0.468 e. The molecule has 0 saturated heterocycles. The molecule has 0 aliphatic heterocycles. The first-order valence-electron chi connectivity index (χ1n) is 5.36. The van der Waals surface area contributed by atoms with Gasteiger partial charge in [0.2, 0.25) is 0 Å². The van der Waals surface area contributed by atoms with E-state index in [1.54, 1.807) is 18.2 Å². The quantitative estimate of drug-likeness (QED) is 0.839. The molecule has 1 rings (SSSR count). The van der Waals surface area contributed by atoms with Crippen LogP contribution < -0.4 is 5.32 Å². The van der Waals surface area contributed by atoms with Gasteiger partial charge >= 0.3 is 5.97 Å². The first-order valence-corrected chi connectivity index (χ1v) is 6.12. The highest BCUT2D eigenvalue weighted by atomic mass is 35.5. The molecule has 0 bridgehead atoms. The fourth-order valence-corrected chi connectivity index (χ4v) is 1.87. The Hall–Kier alpha value is -0.770. The Morgan fingerprint density at radius 2 is 2.18 bits per heavy atom. The molecule has 3 nitrogen and oxygen atoms in total. The molecule has 0 radical (unpaired) electrons. The molecule has 0 amide bonds. The Balaban J connectivity index is 3.02. The molecule has 0 saturated carbocycles. The van der Waals surface area contributed by atoms with Gasteiger partial charge in [0.05, 0.1) is 7.11 Å². The van der Waals surface area contributed by atoms with E-state index in [1.165, 1.54) is 7.11 Å². The fraction of sp³-hybridized carbons (Fsp3) is 0.417. The summed E-state index contributed by atoms with van der Waals surface area (Å²) in [6, 6.07) is 4.45. The molecule has 17 heavy (non-hydrogen) atoms. The van der Waals surface area contributed by atoms with Gasteiger partial charge in [-0.3, -0.25) is 0 Å². The van der Waals surface area contributed by atoms with Crippen LogP contribution in [0.2, 0.25) is 10.0 Å². The van der Waals surface area contributed by atoms with E-state index in [1.807, 2.05) is 6.92 Å². The normalized spacial score (nSPS) is 12.2. The van der Waals surface area contributed by atoms with E-state index in [2.05, 4.69) is 5.32 Å². The molecule has 1 aromatic rings. The van der Waals surface area contributed by atoms with E-state index in [4.69, 9.17) is 27.9 Å². The van der Waals surface area contributed by atoms with Crippen LogP contribution in [0.15, 0.2) is 18.2 Å². The monoisotopic (exact) mass is 275 g/mol. The Labute approximate surface area is 111 Å². The summed E-state index contributed by atoms with van der Waals surface area (Å²) < 4.78 is 4.76. The van der Waals surface area contributed by atoms with Crippen LogP contribution in [0, 0.1) is 0 Å². The molecule has 94 valence electrons. The SMILES string of the molecule is CCCNC(C(=O)OC)c1cc(Cl)ccc1Cl. The Kier molecular flexibility index (Phi) is 5.75. The lowest BCUT2D eigenvalue weighted by Gasteiger charge is -2.17. The van der Waals surface area contributed by atoms with Crippen LogP contribution in [-0.4, -0.2) is 19.6 Å². The summed E-state index contributed by atoms with van der Waals surface area (Å²) in [5.41, 5.74) is 0.638. The lowest BCUT2D eigenvalue weighted by Crippen LogP contribution is -2.30. The van der Waals surface area contributed by atoms with Gasteiger partial charge in [-0.25, -0.2) is 4.79 Å². The number of carbonyl (C=O) groups is 1. The molecule has 0 aromatic heterocycles. The standard InChI is InChI=1S/C12H15Cl2NO2/c1-3-6-15-11(12(16)17-2)9-7-8(13)4-5-10(9)14/h4-5,7,11,15H,3,6H2,1-2H3. The minimum Gasteiger partial charge on any atom is -0.468 e. The molecule has 1 N–H and O–H groups in total. The smallest absolute Gasteiger partial charge is 0.327 e. The van der Waals surface area contributed by atoms with Crippen molar-refractivity contribution in [2.75, 3.05) is 13.7 Å². The van der Waals surface area contributed by atoms with Crippen molar-refractivity contribution >= 4 is 29.2 Å². The zero-order valence-corrected chi connectivity index (χ0v) is 11.3. The van der Waals surface area contributed by atoms with E-state index in [9.17, 15) is 4.79 Å². The number of halogens is 2. The Morgan fingerprint density at radius 1 is 1.47 bits per heavy atom. The van der Waals surface area contributed by atoms with Gasteiger partial charge in [-0.15, -0.1) is 0 Å². The number of hydrogen-bond acceptors (Lipinski definition) is 3. The van der Waals surface area contributed by atoms with Crippen molar-refractivity contribution in [2.24, 2.45) is 0 Å². The van der Waals surface area contributed by atoms with Gasteiger partial charge in [0, 0.05) is 15.6 Å². The first-order chi connectivity index (χ1) is 8.10. The van der Waals surface area contributed by atoms with Crippen molar-refractivity contribution in [2.45, 2.75) is 19.4 Å². The third-order valence-electron chi connectivity index (χ3n) is 2.30. The molecule has 1 unspecified atom stereocenters. The summed E-state index contributed by atoms with van der Waals surface area (Å²) in [5.74, 6) is -0.373. The highest BCUT2D eigenvalue weighted by molar-refractivity contribution is 6.33. The van der Waals surface area contributed by atoms with Crippen LogP contribution in [-0.2, 0) is 9.53 Å². The van der Waals surface area contributed by atoms with Crippen LogP contribution in [0.3, 0.4) is 0 Å². The summed E-state index contributed by atoms with van der Waals surface area (Å²) in [7, 11) is 1.35. The van der Waals surface area contributed by atoms with Crippen molar-refractivity contribution in [1.82, 2.24) is 5.32 Å². The number of rotatable bonds is 5. The Morgan fingerprint density at radius 3 is 2.76 bits per heavy atom. The number of hydrogen-bond donors (Lipinski definition) is 1. The number of ether oxygens (including phenoxy) is 1. The second-order valence-electron chi connectivity index (χ2n) is 3.58. The topological polar surface area (TPSA) is 38.3 Å². The van der Waals surface area contributed by atoms with E-state index < -0.39 is 6.04 Å². The second-order valence-corrected chi connectivity index (χ2v) is 4.42. The van der Waals surface area contributed by atoms with Gasteiger partial charge in [-0.05, 0) is 31.2 Å². The molecule has 0 aliphatic rings. The third-order valence-corrected chi connectivity index (χ3v) is 2.88. The molecule has 1 aromatic carbocycles. The zero-order valence-electron chi connectivity index (χ0n) is 9.80. The number of carbonyl (C=O) groups excluding carboxylic acids is 1. The molecular weight excluding hydrogens is 261 g/mol. The number of benzene rings is 1. The zero-order chi connectivity index (χ0) is 12.8. The molecule has 0 heterocycles. The fourth-order valence-electron chi connectivity index (χ4n) is 1.46. The van der Waals surface area contributed by atoms with Crippen LogP contribution in [0.1, 0.15) is 24.9 Å².